The minimum atomic E-state index is 0.120. The molecular formula is C19H26N2O. The molecule has 2 bridgehead atoms. The highest BCUT2D eigenvalue weighted by Crippen LogP contribution is 2.54. The number of piperidine rings is 1. The smallest absolute Gasteiger partial charge is 0.224 e. The molecule has 0 spiro atoms. The van der Waals surface area contributed by atoms with Crippen LogP contribution < -0.4 is 10.6 Å². The summed E-state index contributed by atoms with van der Waals surface area (Å²) in [6.07, 6.45) is 8.30. The van der Waals surface area contributed by atoms with Crippen molar-refractivity contribution in [3.63, 3.8) is 0 Å². The standard InChI is InChI=1S/C19H26N2O/c1-2-18(22)21-16-8-5-7-14-13(16)12-17-15-6-3-4-9-19(14,15)10-11-20-17/h5,7-8,15,17,20H,2-4,6,9-12H2,1H3,(H,21,22)/t15-,17+,19-/m0/s1. The second-order valence-electron chi connectivity index (χ2n) is 7.26. The largest absolute Gasteiger partial charge is 0.326 e. The topological polar surface area (TPSA) is 41.1 Å². The molecule has 3 aliphatic rings. The number of fused-ring (bicyclic) bond motifs is 1. The Morgan fingerprint density at radius 3 is 3.14 bits per heavy atom. The van der Waals surface area contributed by atoms with Crippen LogP contribution in [-0.2, 0) is 16.6 Å². The van der Waals surface area contributed by atoms with E-state index in [2.05, 4.69) is 28.8 Å². The van der Waals surface area contributed by atoms with E-state index < -0.39 is 0 Å². The minimum absolute atomic E-state index is 0.120. The third-order valence-corrected chi connectivity index (χ3v) is 6.29. The van der Waals surface area contributed by atoms with Gasteiger partial charge in [-0.3, -0.25) is 4.79 Å². The molecule has 1 aromatic rings. The summed E-state index contributed by atoms with van der Waals surface area (Å²) in [7, 11) is 0. The first-order valence-electron chi connectivity index (χ1n) is 8.90. The van der Waals surface area contributed by atoms with E-state index >= 15 is 0 Å². The summed E-state index contributed by atoms with van der Waals surface area (Å²) in [6.45, 7) is 3.06. The van der Waals surface area contributed by atoms with Crippen LogP contribution in [0.1, 0.15) is 56.6 Å². The van der Waals surface area contributed by atoms with Crippen molar-refractivity contribution >= 4 is 11.6 Å². The summed E-state index contributed by atoms with van der Waals surface area (Å²) in [4.78, 5) is 11.9. The van der Waals surface area contributed by atoms with Gasteiger partial charge in [-0.25, -0.2) is 0 Å². The number of carbonyl (C=O) groups excluding carboxylic acids is 1. The Kier molecular flexibility index (Phi) is 3.48. The van der Waals surface area contributed by atoms with Crippen LogP contribution in [0, 0.1) is 5.92 Å². The summed E-state index contributed by atoms with van der Waals surface area (Å²) in [5.74, 6) is 0.911. The molecule has 1 aromatic carbocycles. The van der Waals surface area contributed by atoms with E-state index in [0.29, 0.717) is 17.9 Å². The third-order valence-electron chi connectivity index (χ3n) is 6.29. The van der Waals surface area contributed by atoms with E-state index in [0.717, 1.165) is 24.6 Å². The monoisotopic (exact) mass is 298 g/mol. The van der Waals surface area contributed by atoms with Crippen molar-refractivity contribution in [2.45, 2.75) is 63.3 Å². The Morgan fingerprint density at radius 2 is 2.27 bits per heavy atom. The van der Waals surface area contributed by atoms with Gasteiger partial charge < -0.3 is 10.6 Å². The fraction of sp³-hybridized carbons (Fsp3) is 0.632. The lowest BCUT2D eigenvalue weighted by molar-refractivity contribution is -0.115. The molecule has 22 heavy (non-hydrogen) atoms. The molecule has 1 saturated heterocycles. The Balaban J connectivity index is 1.81. The zero-order valence-electron chi connectivity index (χ0n) is 13.5. The van der Waals surface area contributed by atoms with Gasteiger partial charge in [0.15, 0.2) is 0 Å². The number of carbonyl (C=O) groups is 1. The maximum absolute atomic E-state index is 11.9. The number of benzene rings is 1. The molecule has 3 nitrogen and oxygen atoms in total. The summed E-state index contributed by atoms with van der Waals surface area (Å²) in [6, 6.07) is 7.17. The molecule has 1 aliphatic heterocycles. The number of rotatable bonds is 2. The maximum Gasteiger partial charge on any atom is 0.224 e. The SMILES string of the molecule is CCC(=O)Nc1cccc2c1C[C@H]1NCC[C@@]23CCCC[C@@H]13. The highest BCUT2D eigenvalue weighted by atomic mass is 16.1. The predicted octanol–water partition coefficient (Wildman–Crippen LogP) is 3.38. The summed E-state index contributed by atoms with van der Waals surface area (Å²) >= 11 is 0. The average Bonchev–Trinajstić information content (AvgIpc) is 2.55. The van der Waals surface area contributed by atoms with Crippen LogP contribution >= 0.6 is 0 Å². The van der Waals surface area contributed by atoms with Crippen molar-refractivity contribution in [1.82, 2.24) is 5.32 Å². The molecule has 118 valence electrons. The summed E-state index contributed by atoms with van der Waals surface area (Å²) < 4.78 is 0. The highest BCUT2D eigenvalue weighted by molar-refractivity contribution is 5.91. The van der Waals surface area contributed by atoms with Crippen molar-refractivity contribution in [1.29, 1.82) is 0 Å². The molecule has 0 radical (unpaired) electrons. The molecule has 0 aromatic heterocycles. The Hall–Kier alpha value is -1.35. The number of anilines is 1. The average molecular weight is 298 g/mol. The van der Waals surface area contributed by atoms with Gasteiger partial charge in [0.2, 0.25) is 5.91 Å². The first-order valence-corrected chi connectivity index (χ1v) is 8.90. The minimum Gasteiger partial charge on any atom is -0.326 e. The van der Waals surface area contributed by atoms with Gasteiger partial charge in [-0.15, -0.1) is 0 Å². The van der Waals surface area contributed by atoms with Gasteiger partial charge in [0, 0.05) is 23.6 Å². The lowest BCUT2D eigenvalue weighted by Gasteiger charge is -2.56. The van der Waals surface area contributed by atoms with Gasteiger partial charge in [0.25, 0.3) is 0 Å². The normalized spacial score (nSPS) is 32.8. The molecule has 1 saturated carbocycles. The number of amides is 1. The van der Waals surface area contributed by atoms with E-state index in [1.165, 1.54) is 37.7 Å². The van der Waals surface area contributed by atoms with Crippen molar-refractivity contribution in [2.75, 3.05) is 11.9 Å². The van der Waals surface area contributed by atoms with Gasteiger partial charge >= 0.3 is 0 Å². The van der Waals surface area contributed by atoms with Crippen molar-refractivity contribution in [3.8, 4) is 0 Å². The quantitative estimate of drug-likeness (QED) is 0.879. The van der Waals surface area contributed by atoms with Gasteiger partial charge in [0.1, 0.15) is 0 Å². The van der Waals surface area contributed by atoms with Crippen LogP contribution in [0.15, 0.2) is 18.2 Å². The summed E-state index contributed by atoms with van der Waals surface area (Å²) in [5.41, 5.74) is 4.37. The van der Waals surface area contributed by atoms with Crippen LogP contribution in [0.5, 0.6) is 0 Å². The van der Waals surface area contributed by atoms with Crippen molar-refractivity contribution in [2.24, 2.45) is 5.92 Å². The fourth-order valence-electron chi connectivity index (χ4n) is 5.32. The van der Waals surface area contributed by atoms with Gasteiger partial charge in [-0.05, 0) is 55.3 Å². The van der Waals surface area contributed by atoms with E-state index in [4.69, 9.17) is 0 Å². The van der Waals surface area contributed by atoms with Crippen LogP contribution in [0.3, 0.4) is 0 Å². The van der Waals surface area contributed by atoms with Crippen LogP contribution in [0.25, 0.3) is 0 Å². The fourth-order valence-corrected chi connectivity index (χ4v) is 5.32. The molecule has 0 unspecified atom stereocenters. The zero-order valence-corrected chi connectivity index (χ0v) is 13.5. The number of hydrogen-bond acceptors (Lipinski definition) is 2. The zero-order chi connectivity index (χ0) is 15.2. The third kappa shape index (κ3) is 2.02. The molecule has 3 heteroatoms. The molecule has 1 heterocycles. The Morgan fingerprint density at radius 1 is 1.36 bits per heavy atom. The number of hydrogen-bond donors (Lipinski definition) is 2. The second kappa shape index (κ2) is 5.38. The van der Waals surface area contributed by atoms with Crippen LogP contribution in [0.4, 0.5) is 5.69 Å². The first-order chi connectivity index (χ1) is 10.7. The lowest BCUT2D eigenvalue weighted by atomic mass is 9.52. The molecule has 3 atom stereocenters. The molecule has 1 amide bonds. The van der Waals surface area contributed by atoms with Crippen molar-refractivity contribution < 1.29 is 4.79 Å². The van der Waals surface area contributed by atoms with E-state index in [1.807, 2.05) is 6.92 Å². The highest BCUT2D eigenvalue weighted by Gasteiger charge is 2.51. The van der Waals surface area contributed by atoms with Gasteiger partial charge in [-0.1, -0.05) is 31.9 Å². The molecule has 2 aliphatic carbocycles. The molecule has 2 N–H and O–H groups in total. The summed E-state index contributed by atoms with van der Waals surface area (Å²) in [5, 5.41) is 6.90. The second-order valence-corrected chi connectivity index (χ2v) is 7.26. The van der Waals surface area contributed by atoms with E-state index in [9.17, 15) is 4.79 Å². The van der Waals surface area contributed by atoms with E-state index in [-0.39, 0.29) is 5.91 Å². The Bertz CT molecular complexity index is 593. The number of nitrogens with one attached hydrogen (secondary N) is 2. The lowest BCUT2D eigenvalue weighted by Crippen LogP contribution is -2.59. The van der Waals surface area contributed by atoms with Gasteiger partial charge in [-0.2, -0.15) is 0 Å². The Labute approximate surface area is 132 Å². The van der Waals surface area contributed by atoms with E-state index in [1.54, 1.807) is 5.56 Å². The molecular weight excluding hydrogens is 272 g/mol. The molecule has 2 fully saturated rings. The maximum atomic E-state index is 11.9. The van der Waals surface area contributed by atoms with Crippen molar-refractivity contribution in [3.05, 3.63) is 29.3 Å². The molecule has 4 rings (SSSR count). The van der Waals surface area contributed by atoms with Crippen LogP contribution in [-0.4, -0.2) is 18.5 Å². The van der Waals surface area contributed by atoms with Crippen LogP contribution in [0.2, 0.25) is 0 Å². The van der Waals surface area contributed by atoms with Gasteiger partial charge in [0.05, 0.1) is 0 Å². The first kappa shape index (κ1) is 14.3. The predicted molar refractivity (Wildman–Crippen MR) is 89.1 cm³/mol.